The van der Waals surface area contributed by atoms with E-state index in [2.05, 4.69) is 30.2 Å². The summed E-state index contributed by atoms with van der Waals surface area (Å²) in [6.45, 7) is 4.50. The number of rotatable bonds is 6. The van der Waals surface area contributed by atoms with E-state index in [-0.39, 0.29) is 0 Å². The molecule has 0 saturated carbocycles. The second kappa shape index (κ2) is 6.48. The first-order valence-electron chi connectivity index (χ1n) is 5.87. The molecular weight excluding hydrogens is 200 g/mol. The maximum atomic E-state index is 5.04. The fraction of sp³-hybridized carbons (Fsp3) is 0.615. The minimum atomic E-state index is 0.514. The molecule has 2 unspecified atom stereocenters. The Morgan fingerprint density at radius 2 is 2.19 bits per heavy atom. The zero-order valence-corrected chi connectivity index (χ0v) is 10.7. The molecule has 0 spiro atoms. The standard InChI is InChI=1S/C13H22N2O/c1-5-10(2)12(14-3)8-11-6-7-13(16-4)15-9-11/h6-7,9-10,12,14H,5,8H2,1-4H3. The van der Waals surface area contributed by atoms with E-state index in [1.165, 1.54) is 12.0 Å². The summed E-state index contributed by atoms with van der Waals surface area (Å²) in [6.07, 6.45) is 4.10. The van der Waals surface area contributed by atoms with E-state index in [9.17, 15) is 0 Å². The maximum absolute atomic E-state index is 5.04. The van der Waals surface area contributed by atoms with Crippen molar-refractivity contribution in [1.29, 1.82) is 0 Å². The molecule has 0 radical (unpaired) electrons. The number of nitrogens with one attached hydrogen (secondary N) is 1. The predicted molar refractivity (Wildman–Crippen MR) is 66.8 cm³/mol. The van der Waals surface area contributed by atoms with Crippen LogP contribution in [0.2, 0.25) is 0 Å². The summed E-state index contributed by atoms with van der Waals surface area (Å²) in [4.78, 5) is 4.22. The van der Waals surface area contributed by atoms with Crippen LogP contribution in [-0.2, 0) is 6.42 Å². The lowest BCUT2D eigenvalue weighted by Gasteiger charge is -2.22. The molecule has 90 valence electrons. The number of likely N-dealkylation sites (N-methyl/N-ethyl adjacent to an activating group) is 1. The van der Waals surface area contributed by atoms with E-state index >= 15 is 0 Å². The second-order valence-electron chi connectivity index (χ2n) is 4.19. The van der Waals surface area contributed by atoms with Crippen LogP contribution in [0.1, 0.15) is 25.8 Å². The van der Waals surface area contributed by atoms with Gasteiger partial charge in [0.1, 0.15) is 0 Å². The molecule has 1 aromatic rings. The lowest BCUT2D eigenvalue weighted by atomic mass is 9.94. The Kier molecular flexibility index (Phi) is 5.26. The molecule has 0 aliphatic carbocycles. The van der Waals surface area contributed by atoms with E-state index < -0.39 is 0 Å². The van der Waals surface area contributed by atoms with Gasteiger partial charge in [0.05, 0.1) is 7.11 Å². The number of ether oxygens (including phenoxy) is 1. The Labute approximate surface area is 98.2 Å². The lowest BCUT2D eigenvalue weighted by molar-refractivity contribution is 0.383. The van der Waals surface area contributed by atoms with Gasteiger partial charge in [-0.15, -0.1) is 0 Å². The first kappa shape index (κ1) is 13.0. The smallest absolute Gasteiger partial charge is 0.212 e. The van der Waals surface area contributed by atoms with Crippen molar-refractivity contribution in [3.05, 3.63) is 23.9 Å². The van der Waals surface area contributed by atoms with Crippen molar-refractivity contribution in [2.24, 2.45) is 5.92 Å². The summed E-state index contributed by atoms with van der Waals surface area (Å²) in [5.41, 5.74) is 1.25. The monoisotopic (exact) mass is 222 g/mol. The van der Waals surface area contributed by atoms with Crippen molar-refractivity contribution < 1.29 is 4.74 Å². The average molecular weight is 222 g/mol. The van der Waals surface area contributed by atoms with Crippen molar-refractivity contribution in [2.45, 2.75) is 32.7 Å². The maximum Gasteiger partial charge on any atom is 0.212 e. The quantitative estimate of drug-likeness (QED) is 0.801. The highest BCUT2D eigenvalue weighted by molar-refractivity contribution is 5.18. The normalized spacial score (nSPS) is 14.5. The van der Waals surface area contributed by atoms with E-state index in [4.69, 9.17) is 4.74 Å². The molecule has 1 heterocycles. The van der Waals surface area contributed by atoms with Crippen LogP contribution >= 0.6 is 0 Å². The molecule has 0 saturated heterocycles. The molecular formula is C13H22N2O. The molecule has 3 heteroatoms. The van der Waals surface area contributed by atoms with Gasteiger partial charge < -0.3 is 10.1 Å². The van der Waals surface area contributed by atoms with Crippen molar-refractivity contribution in [1.82, 2.24) is 10.3 Å². The Hall–Kier alpha value is -1.09. The molecule has 0 amide bonds. The van der Waals surface area contributed by atoms with Crippen LogP contribution in [0.5, 0.6) is 5.88 Å². The van der Waals surface area contributed by atoms with Crippen molar-refractivity contribution in [3.8, 4) is 5.88 Å². The fourth-order valence-electron chi connectivity index (χ4n) is 1.78. The van der Waals surface area contributed by atoms with E-state index in [0.717, 1.165) is 6.42 Å². The van der Waals surface area contributed by atoms with Gasteiger partial charge in [-0.1, -0.05) is 26.3 Å². The number of aromatic nitrogens is 1. The Morgan fingerprint density at radius 1 is 1.44 bits per heavy atom. The number of methoxy groups -OCH3 is 1. The summed E-state index contributed by atoms with van der Waals surface area (Å²) in [6, 6.07) is 4.51. The Morgan fingerprint density at radius 3 is 2.62 bits per heavy atom. The zero-order valence-electron chi connectivity index (χ0n) is 10.7. The van der Waals surface area contributed by atoms with Gasteiger partial charge in [-0.3, -0.25) is 0 Å². The molecule has 2 atom stereocenters. The van der Waals surface area contributed by atoms with Gasteiger partial charge in [0.25, 0.3) is 0 Å². The van der Waals surface area contributed by atoms with Crippen molar-refractivity contribution in [2.75, 3.05) is 14.2 Å². The summed E-state index contributed by atoms with van der Waals surface area (Å²) in [5.74, 6) is 1.35. The molecule has 0 bridgehead atoms. The van der Waals surface area contributed by atoms with Gasteiger partial charge in [-0.2, -0.15) is 0 Å². The van der Waals surface area contributed by atoms with Gasteiger partial charge >= 0.3 is 0 Å². The highest BCUT2D eigenvalue weighted by Crippen LogP contribution is 2.14. The minimum absolute atomic E-state index is 0.514. The number of hydrogen-bond acceptors (Lipinski definition) is 3. The molecule has 0 aliphatic rings. The van der Waals surface area contributed by atoms with Crippen LogP contribution in [0.15, 0.2) is 18.3 Å². The highest BCUT2D eigenvalue weighted by Gasteiger charge is 2.14. The molecule has 1 aromatic heterocycles. The summed E-state index contributed by atoms with van der Waals surface area (Å²) in [5, 5.41) is 3.37. The van der Waals surface area contributed by atoms with Crippen LogP contribution in [0.25, 0.3) is 0 Å². The van der Waals surface area contributed by atoms with Crippen molar-refractivity contribution in [3.63, 3.8) is 0 Å². The van der Waals surface area contributed by atoms with Crippen LogP contribution in [0.3, 0.4) is 0 Å². The van der Waals surface area contributed by atoms with E-state index in [0.29, 0.717) is 17.8 Å². The average Bonchev–Trinajstić information content (AvgIpc) is 2.35. The van der Waals surface area contributed by atoms with Crippen LogP contribution in [0.4, 0.5) is 0 Å². The van der Waals surface area contributed by atoms with Crippen LogP contribution < -0.4 is 10.1 Å². The lowest BCUT2D eigenvalue weighted by Crippen LogP contribution is -2.33. The van der Waals surface area contributed by atoms with Gasteiger partial charge in [-0.05, 0) is 24.9 Å². The molecule has 1 N–H and O–H groups in total. The summed E-state index contributed by atoms with van der Waals surface area (Å²) in [7, 11) is 3.66. The van der Waals surface area contributed by atoms with Crippen molar-refractivity contribution >= 4 is 0 Å². The largest absolute Gasteiger partial charge is 0.481 e. The molecule has 1 rings (SSSR count). The van der Waals surface area contributed by atoms with E-state index in [1.54, 1.807) is 7.11 Å². The SMILES string of the molecule is CCC(C)C(Cc1ccc(OC)nc1)NC. The number of nitrogens with zero attached hydrogens (tertiary/aromatic N) is 1. The molecule has 16 heavy (non-hydrogen) atoms. The predicted octanol–water partition coefficient (Wildman–Crippen LogP) is 2.27. The Bertz CT molecular complexity index is 297. The van der Waals surface area contributed by atoms with Gasteiger partial charge in [0, 0.05) is 18.3 Å². The number of pyridine rings is 1. The van der Waals surface area contributed by atoms with Crippen LogP contribution in [-0.4, -0.2) is 25.2 Å². The molecule has 0 fully saturated rings. The third kappa shape index (κ3) is 3.49. The van der Waals surface area contributed by atoms with E-state index in [1.807, 2.05) is 19.3 Å². The molecule has 0 aliphatic heterocycles. The molecule has 3 nitrogen and oxygen atoms in total. The second-order valence-corrected chi connectivity index (χ2v) is 4.19. The fourth-order valence-corrected chi connectivity index (χ4v) is 1.78. The number of hydrogen-bond donors (Lipinski definition) is 1. The summed E-state index contributed by atoms with van der Waals surface area (Å²) >= 11 is 0. The summed E-state index contributed by atoms with van der Waals surface area (Å²) < 4.78 is 5.04. The third-order valence-electron chi connectivity index (χ3n) is 3.16. The van der Waals surface area contributed by atoms with Crippen LogP contribution in [0, 0.1) is 5.92 Å². The Balaban J connectivity index is 2.63. The topological polar surface area (TPSA) is 34.1 Å². The van der Waals surface area contributed by atoms with Gasteiger partial charge in [0.15, 0.2) is 0 Å². The first-order chi connectivity index (χ1) is 7.71. The highest BCUT2D eigenvalue weighted by atomic mass is 16.5. The zero-order chi connectivity index (χ0) is 12.0. The molecule has 0 aromatic carbocycles. The van der Waals surface area contributed by atoms with Gasteiger partial charge in [0.2, 0.25) is 5.88 Å². The third-order valence-corrected chi connectivity index (χ3v) is 3.16. The van der Waals surface area contributed by atoms with Gasteiger partial charge in [-0.25, -0.2) is 4.98 Å². The first-order valence-corrected chi connectivity index (χ1v) is 5.87. The minimum Gasteiger partial charge on any atom is -0.481 e.